The second kappa shape index (κ2) is 11.7. The van der Waals surface area contributed by atoms with Crippen LogP contribution in [-0.4, -0.2) is 36.9 Å². The molecule has 0 heterocycles. The predicted molar refractivity (Wildman–Crippen MR) is 111 cm³/mol. The quantitative estimate of drug-likeness (QED) is 0.550. The van der Waals surface area contributed by atoms with Gasteiger partial charge in [0.1, 0.15) is 12.4 Å². The fourth-order valence-electron chi connectivity index (χ4n) is 2.92. The van der Waals surface area contributed by atoms with Crippen molar-refractivity contribution in [3.05, 3.63) is 65.2 Å². The smallest absolute Gasteiger partial charge is 0.166 e. The molecule has 4 heteroatoms. The Bertz CT molecular complexity index is 683. The first-order valence-electron chi connectivity index (χ1n) is 9.17. The topological polar surface area (TPSA) is 29.5 Å². The van der Waals surface area contributed by atoms with Gasteiger partial charge in [0, 0.05) is 13.0 Å². The van der Waals surface area contributed by atoms with Crippen molar-refractivity contribution in [3.63, 3.8) is 0 Å². The summed E-state index contributed by atoms with van der Waals surface area (Å²) in [7, 11) is 0. The lowest BCUT2D eigenvalue weighted by atomic mass is 9.99. The lowest BCUT2D eigenvalue weighted by molar-refractivity contribution is 0.0978. The van der Waals surface area contributed by atoms with Crippen LogP contribution in [0.5, 0.6) is 5.75 Å². The maximum atomic E-state index is 12.7. The summed E-state index contributed by atoms with van der Waals surface area (Å²) in [5, 5.41) is 0. The molecule has 0 radical (unpaired) electrons. The van der Waals surface area contributed by atoms with Gasteiger partial charge in [-0.2, -0.15) is 0 Å². The van der Waals surface area contributed by atoms with Crippen molar-refractivity contribution in [1.29, 1.82) is 0 Å². The average Bonchev–Trinajstić information content (AvgIpc) is 2.65. The van der Waals surface area contributed by atoms with E-state index in [1.165, 1.54) is 11.1 Å². The first-order valence-corrected chi connectivity index (χ1v) is 9.17. The number of para-hydroxylation sites is 1. The monoisotopic (exact) mass is 375 g/mol. The number of Topliss-reactive ketones (excluding diaryl/α,β-unsaturated/α-hetero) is 1. The van der Waals surface area contributed by atoms with Gasteiger partial charge in [-0.1, -0.05) is 50.2 Å². The number of rotatable bonds is 10. The molecule has 0 N–H and O–H groups in total. The van der Waals surface area contributed by atoms with Crippen LogP contribution in [0, 0.1) is 6.92 Å². The molecule has 2 aromatic carbocycles. The van der Waals surface area contributed by atoms with E-state index in [4.69, 9.17) is 4.74 Å². The molecule has 0 aliphatic rings. The fourth-order valence-corrected chi connectivity index (χ4v) is 2.92. The van der Waals surface area contributed by atoms with E-state index in [1.807, 2.05) is 36.4 Å². The first-order chi connectivity index (χ1) is 12.2. The van der Waals surface area contributed by atoms with Crippen molar-refractivity contribution in [2.45, 2.75) is 33.6 Å². The van der Waals surface area contributed by atoms with Crippen LogP contribution < -0.4 is 4.74 Å². The maximum Gasteiger partial charge on any atom is 0.166 e. The van der Waals surface area contributed by atoms with Gasteiger partial charge in [0.15, 0.2) is 5.78 Å². The number of hydrogen-bond donors (Lipinski definition) is 0. The molecule has 0 saturated heterocycles. The van der Waals surface area contributed by atoms with Crippen molar-refractivity contribution in [2.24, 2.45) is 0 Å². The second-order valence-corrected chi connectivity index (χ2v) is 6.22. The molecule has 0 aromatic heterocycles. The van der Waals surface area contributed by atoms with Crippen molar-refractivity contribution in [2.75, 3.05) is 26.2 Å². The number of aryl methyl sites for hydroxylation is 2. The van der Waals surface area contributed by atoms with Crippen LogP contribution >= 0.6 is 12.4 Å². The third kappa shape index (κ3) is 6.47. The normalized spacial score (nSPS) is 10.5. The second-order valence-electron chi connectivity index (χ2n) is 6.22. The van der Waals surface area contributed by atoms with Crippen molar-refractivity contribution >= 4 is 18.2 Å². The summed E-state index contributed by atoms with van der Waals surface area (Å²) in [6.45, 7) is 9.87. The highest BCUT2D eigenvalue weighted by Gasteiger charge is 2.13. The van der Waals surface area contributed by atoms with Gasteiger partial charge in [-0.3, -0.25) is 4.79 Å². The van der Waals surface area contributed by atoms with E-state index in [9.17, 15) is 4.79 Å². The molecule has 0 amide bonds. The molecule has 2 aromatic rings. The highest BCUT2D eigenvalue weighted by Crippen LogP contribution is 2.21. The van der Waals surface area contributed by atoms with Gasteiger partial charge in [0.2, 0.25) is 0 Å². The summed E-state index contributed by atoms with van der Waals surface area (Å²) in [6, 6.07) is 15.8. The molecule has 0 saturated carbocycles. The zero-order valence-electron chi connectivity index (χ0n) is 16.0. The van der Waals surface area contributed by atoms with E-state index in [-0.39, 0.29) is 18.2 Å². The fraction of sp³-hybridized carbons (Fsp3) is 0.409. The summed E-state index contributed by atoms with van der Waals surface area (Å²) in [5.41, 5.74) is 3.16. The maximum absolute atomic E-state index is 12.7. The van der Waals surface area contributed by atoms with E-state index in [2.05, 4.69) is 37.8 Å². The van der Waals surface area contributed by atoms with Gasteiger partial charge in [-0.05, 0) is 49.7 Å². The Morgan fingerprint density at radius 2 is 1.65 bits per heavy atom. The Balaban J connectivity index is 0.00000338. The number of carbonyl (C=O) groups is 1. The van der Waals surface area contributed by atoms with Gasteiger partial charge in [0.25, 0.3) is 0 Å². The van der Waals surface area contributed by atoms with E-state index < -0.39 is 0 Å². The Labute approximate surface area is 163 Å². The Morgan fingerprint density at radius 1 is 1.00 bits per heavy atom. The third-order valence-electron chi connectivity index (χ3n) is 4.63. The summed E-state index contributed by atoms with van der Waals surface area (Å²) in [4.78, 5) is 15.0. The van der Waals surface area contributed by atoms with Crippen molar-refractivity contribution in [1.82, 2.24) is 4.90 Å². The van der Waals surface area contributed by atoms with Gasteiger partial charge in [0.05, 0.1) is 5.56 Å². The Hall–Kier alpha value is -1.84. The van der Waals surface area contributed by atoms with Gasteiger partial charge in [-0.25, -0.2) is 0 Å². The van der Waals surface area contributed by atoms with Crippen LogP contribution in [0.3, 0.4) is 0 Å². The minimum absolute atomic E-state index is 0. The molecule has 142 valence electrons. The molecule has 0 unspecified atom stereocenters. The number of nitrogens with zero attached hydrogens (tertiary/aromatic N) is 1. The molecule has 0 aliphatic carbocycles. The molecule has 0 atom stereocenters. The van der Waals surface area contributed by atoms with Gasteiger partial charge < -0.3 is 9.64 Å². The lowest BCUT2D eigenvalue weighted by Gasteiger charge is -2.18. The molecule has 0 bridgehead atoms. The number of ketones is 1. The van der Waals surface area contributed by atoms with Crippen LogP contribution in [0.4, 0.5) is 0 Å². The van der Waals surface area contributed by atoms with Crippen LogP contribution in [0.15, 0.2) is 48.5 Å². The van der Waals surface area contributed by atoms with Crippen LogP contribution in [0.25, 0.3) is 0 Å². The lowest BCUT2D eigenvalue weighted by Crippen LogP contribution is -2.28. The van der Waals surface area contributed by atoms with Gasteiger partial charge in [-0.15, -0.1) is 12.4 Å². The first kappa shape index (κ1) is 22.2. The highest BCUT2D eigenvalue weighted by molar-refractivity contribution is 5.98. The molecule has 2 rings (SSSR count). The number of benzene rings is 2. The highest BCUT2D eigenvalue weighted by atomic mass is 35.5. The predicted octanol–water partition coefficient (Wildman–Crippen LogP) is 4.95. The Morgan fingerprint density at radius 3 is 2.35 bits per heavy atom. The average molecular weight is 376 g/mol. The minimum Gasteiger partial charge on any atom is -0.491 e. The molecule has 0 aliphatic heterocycles. The van der Waals surface area contributed by atoms with E-state index >= 15 is 0 Å². The molecule has 26 heavy (non-hydrogen) atoms. The number of hydrogen-bond acceptors (Lipinski definition) is 3. The van der Waals surface area contributed by atoms with Crippen LogP contribution in [0.1, 0.15) is 41.8 Å². The Kier molecular flexibility index (Phi) is 10.0. The van der Waals surface area contributed by atoms with Gasteiger partial charge >= 0.3 is 0 Å². The van der Waals surface area contributed by atoms with E-state index in [1.54, 1.807) is 0 Å². The number of likely N-dealkylation sites (N-methyl/N-ethyl adjacent to an activating group) is 1. The summed E-state index contributed by atoms with van der Waals surface area (Å²) >= 11 is 0. The van der Waals surface area contributed by atoms with E-state index in [0.29, 0.717) is 24.3 Å². The molecular formula is C22H30ClNO2. The summed E-state index contributed by atoms with van der Waals surface area (Å²) in [5.74, 6) is 0.839. The zero-order chi connectivity index (χ0) is 18.1. The molecule has 3 nitrogen and oxygen atoms in total. The van der Waals surface area contributed by atoms with Crippen molar-refractivity contribution < 1.29 is 9.53 Å². The molecular weight excluding hydrogens is 346 g/mol. The SMILES string of the molecule is CCN(CC)CCOc1ccccc1C(=O)CCc1ccccc1C.Cl. The number of carbonyl (C=O) groups excluding carboxylic acids is 1. The van der Waals surface area contributed by atoms with E-state index in [0.717, 1.165) is 26.1 Å². The molecule has 0 spiro atoms. The van der Waals surface area contributed by atoms with Crippen LogP contribution in [-0.2, 0) is 6.42 Å². The van der Waals surface area contributed by atoms with Crippen molar-refractivity contribution in [3.8, 4) is 5.75 Å². The molecule has 0 fully saturated rings. The largest absolute Gasteiger partial charge is 0.491 e. The zero-order valence-corrected chi connectivity index (χ0v) is 16.8. The number of halogens is 1. The third-order valence-corrected chi connectivity index (χ3v) is 4.63. The minimum atomic E-state index is 0. The number of ether oxygens (including phenoxy) is 1. The van der Waals surface area contributed by atoms with Crippen LogP contribution in [0.2, 0.25) is 0 Å². The summed E-state index contributed by atoms with van der Waals surface area (Å²) < 4.78 is 5.91. The standard InChI is InChI=1S/C22H29NO2.ClH/c1-4-23(5-2)16-17-25-22-13-9-8-12-20(22)21(24)15-14-19-11-7-6-10-18(19)3;/h6-13H,4-5,14-17H2,1-3H3;1H. The summed E-state index contributed by atoms with van der Waals surface area (Å²) in [6.07, 6.45) is 1.26.